The van der Waals surface area contributed by atoms with Crippen LogP contribution >= 0.6 is 11.8 Å². The molecule has 1 aromatic carbocycles. The zero-order chi connectivity index (χ0) is 10.4. The minimum atomic E-state index is 0.229. The second-order valence-corrected chi connectivity index (χ2v) is 3.91. The van der Waals surface area contributed by atoms with Gasteiger partial charge in [-0.1, -0.05) is 12.1 Å². The molecule has 3 N–H and O–H groups in total. The first-order valence-electron chi connectivity index (χ1n) is 4.32. The molecule has 76 valence electrons. The molecule has 0 aliphatic rings. The Morgan fingerprint density at radius 3 is 2.86 bits per heavy atom. The number of methoxy groups -OCH3 is 1. The van der Waals surface area contributed by atoms with Gasteiger partial charge in [0.25, 0.3) is 0 Å². The molecule has 0 fully saturated rings. The van der Waals surface area contributed by atoms with Crippen LogP contribution in [0.1, 0.15) is 6.42 Å². The molecule has 0 heterocycles. The molecule has 0 atom stereocenters. The second kappa shape index (κ2) is 5.54. The van der Waals surface area contributed by atoms with Crippen LogP contribution in [0.5, 0.6) is 5.75 Å². The highest BCUT2D eigenvalue weighted by Crippen LogP contribution is 2.28. The van der Waals surface area contributed by atoms with Crippen LogP contribution in [-0.2, 0) is 0 Å². The fraction of sp³-hybridized carbons (Fsp3) is 0.300. The van der Waals surface area contributed by atoms with Crippen LogP contribution in [0.4, 0.5) is 0 Å². The van der Waals surface area contributed by atoms with Gasteiger partial charge in [0.05, 0.1) is 12.9 Å². The number of amidine groups is 1. The average molecular weight is 210 g/mol. The van der Waals surface area contributed by atoms with Crippen LogP contribution in [0.25, 0.3) is 0 Å². The van der Waals surface area contributed by atoms with Crippen LogP contribution in [0.15, 0.2) is 29.2 Å². The lowest BCUT2D eigenvalue weighted by atomic mass is 10.3. The molecule has 1 rings (SSSR count). The number of hydrogen-bond acceptors (Lipinski definition) is 3. The number of rotatable bonds is 5. The van der Waals surface area contributed by atoms with Gasteiger partial charge < -0.3 is 10.5 Å². The number of benzene rings is 1. The molecule has 3 nitrogen and oxygen atoms in total. The molecule has 0 aromatic heterocycles. The molecule has 0 unspecified atom stereocenters. The van der Waals surface area contributed by atoms with E-state index in [0.29, 0.717) is 6.42 Å². The lowest BCUT2D eigenvalue weighted by Crippen LogP contribution is -2.09. The summed E-state index contributed by atoms with van der Waals surface area (Å²) in [6, 6.07) is 7.84. The van der Waals surface area contributed by atoms with E-state index in [4.69, 9.17) is 15.9 Å². The van der Waals surface area contributed by atoms with Gasteiger partial charge in [-0.25, -0.2) is 0 Å². The second-order valence-electron chi connectivity index (χ2n) is 2.77. The van der Waals surface area contributed by atoms with Crippen LogP contribution in [0, 0.1) is 5.41 Å². The maximum atomic E-state index is 7.09. The molecular formula is C10H14N2OS. The number of nitrogens with two attached hydrogens (primary N) is 1. The van der Waals surface area contributed by atoms with E-state index in [2.05, 4.69) is 0 Å². The van der Waals surface area contributed by atoms with E-state index in [1.165, 1.54) is 0 Å². The van der Waals surface area contributed by atoms with Gasteiger partial charge in [0, 0.05) is 17.1 Å². The fourth-order valence-electron chi connectivity index (χ4n) is 1.01. The largest absolute Gasteiger partial charge is 0.496 e. The summed E-state index contributed by atoms with van der Waals surface area (Å²) in [5.41, 5.74) is 5.27. The molecular weight excluding hydrogens is 196 g/mol. The van der Waals surface area contributed by atoms with Crippen LogP contribution in [0.2, 0.25) is 0 Å². The van der Waals surface area contributed by atoms with E-state index in [1.807, 2.05) is 24.3 Å². The van der Waals surface area contributed by atoms with Crippen molar-refractivity contribution < 1.29 is 4.74 Å². The summed E-state index contributed by atoms with van der Waals surface area (Å²) < 4.78 is 5.20. The molecule has 0 spiro atoms. The number of thioether (sulfide) groups is 1. The normalized spacial score (nSPS) is 9.79. The van der Waals surface area contributed by atoms with Crippen molar-refractivity contribution in [3.05, 3.63) is 24.3 Å². The van der Waals surface area contributed by atoms with E-state index in [1.54, 1.807) is 18.9 Å². The first-order valence-corrected chi connectivity index (χ1v) is 5.31. The summed E-state index contributed by atoms with van der Waals surface area (Å²) in [4.78, 5) is 1.09. The highest BCUT2D eigenvalue weighted by Gasteiger charge is 2.01. The minimum Gasteiger partial charge on any atom is -0.496 e. The van der Waals surface area contributed by atoms with Gasteiger partial charge in [-0.05, 0) is 12.1 Å². The zero-order valence-corrected chi connectivity index (χ0v) is 8.93. The Morgan fingerprint density at radius 2 is 2.21 bits per heavy atom. The van der Waals surface area contributed by atoms with Gasteiger partial charge in [0.1, 0.15) is 5.75 Å². The van der Waals surface area contributed by atoms with Crippen LogP contribution in [0.3, 0.4) is 0 Å². The lowest BCUT2D eigenvalue weighted by Gasteiger charge is -2.06. The maximum absolute atomic E-state index is 7.09. The SMILES string of the molecule is COc1ccccc1SCCC(=N)N. The van der Waals surface area contributed by atoms with Gasteiger partial charge in [-0.2, -0.15) is 0 Å². The van der Waals surface area contributed by atoms with Crippen molar-refractivity contribution in [2.75, 3.05) is 12.9 Å². The molecule has 0 radical (unpaired) electrons. The summed E-state index contributed by atoms with van der Waals surface area (Å²) >= 11 is 1.65. The Balaban J connectivity index is 2.53. The molecule has 14 heavy (non-hydrogen) atoms. The summed E-state index contributed by atoms with van der Waals surface area (Å²) in [5.74, 6) is 1.92. The third kappa shape index (κ3) is 3.30. The predicted molar refractivity (Wildman–Crippen MR) is 60.2 cm³/mol. The van der Waals surface area contributed by atoms with Crippen LogP contribution in [-0.4, -0.2) is 18.7 Å². The molecule has 0 aliphatic heterocycles. The lowest BCUT2D eigenvalue weighted by molar-refractivity contribution is 0.405. The summed E-state index contributed by atoms with van der Waals surface area (Å²) in [7, 11) is 1.66. The topological polar surface area (TPSA) is 59.1 Å². The van der Waals surface area contributed by atoms with Crippen molar-refractivity contribution in [1.29, 1.82) is 5.41 Å². The fourth-order valence-corrected chi connectivity index (χ4v) is 2.02. The number of para-hydroxylation sites is 1. The molecule has 4 heteroatoms. The third-order valence-corrected chi connectivity index (χ3v) is 2.75. The molecule has 0 saturated carbocycles. The van der Waals surface area contributed by atoms with Crippen molar-refractivity contribution in [2.24, 2.45) is 5.73 Å². The first kappa shape index (κ1) is 10.9. The Labute approximate surface area is 88.2 Å². The monoisotopic (exact) mass is 210 g/mol. The predicted octanol–water partition coefficient (Wildman–Crippen LogP) is 2.11. The quantitative estimate of drug-likeness (QED) is 0.444. The average Bonchev–Trinajstić information content (AvgIpc) is 2.18. The molecule has 0 bridgehead atoms. The Morgan fingerprint density at radius 1 is 1.50 bits per heavy atom. The molecule has 0 aliphatic carbocycles. The minimum absolute atomic E-state index is 0.229. The number of ether oxygens (including phenoxy) is 1. The van der Waals surface area contributed by atoms with Crippen molar-refractivity contribution >= 4 is 17.6 Å². The Kier molecular flexibility index (Phi) is 4.32. The highest BCUT2D eigenvalue weighted by atomic mass is 32.2. The van der Waals surface area contributed by atoms with Crippen molar-refractivity contribution in [3.63, 3.8) is 0 Å². The Bertz CT molecular complexity index is 315. The zero-order valence-electron chi connectivity index (χ0n) is 8.12. The van der Waals surface area contributed by atoms with E-state index < -0.39 is 0 Å². The third-order valence-electron chi connectivity index (χ3n) is 1.70. The van der Waals surface area contributed by atoms with E-state index in [-0.39, 0.29) is 5.84 Å². The van der Waals surface area contributed by atoms with Gasteiger partial charge in [-0.3, -0.25) is 5.41 Å². The summed E-state index contributed by atoms with van der Waals surface area (Å²) in [6.45, 7) is 0. The van der Waals surface area contributed by atoms with E-state index >= 15 is 0 Å². The number of nitrogens with one attached hydrogen (secondary N) is 1. The number of hydrogen-bond donors (Lipinski definition) is 2. The molecule has 1 aromatic rings. The van der Waals surface area contributed by atoms with Gasteiger partial charge >= 0.3 is 0 Å². The van der Waals surface area contributed by atoms with E-state index in [9.17, 15) is 0 Å². The molecule has 0 amide bonds. The highest BCUT2D eigenvalue weighted by molar-refractivity contribution is 7.99. The Hall–Kier alpha value is -1.16. The maximum Gasteiger partial charge on any atom is 0.132 e. The van der Waals surface area contributed by atoms with Crippen molar-refractivity contribution in [2.45, 2.75) is 11.3 Å². The van der Waals surface area contributed by atoms with Gasteiger partial charge in [0.2, 0.25) is 0 Å². The van der Waals surface area contributed by atoms with E-state index in [0.717, 1.165) is 16.4 Å². The van der Waals surface area contributed by atoms with Gasteiger partial charge in [0.15, 0.2) is 0 Å². The smallest absolute Gasteiger partial charge is 0.132 e. The summed E-state index contributed by atoms with van der Waals surface area (Å²) in [5, 5.41) is 7.09. The van der Waals surface area contributed by atoms with Crippen molar-refractivity contribution in [1.82, 2.24) is 0 Å². The van der Waals surface area contributed by atoms with Gasteiger partial charge in [-0.15, -0.1) is 11.8 Å². The van der Waals surface area contributed by atoms with Crippen LogP contribution < -0.4 is 10.5 Å². The standard InChI is InChI=1S/C10H14N2OS/c1-13-8-4-2-3-5-9(8)14-7-6-10(11)12/h2-5H,6-7H2,1H3,(H3,11,12). The van der Waals surface area contributed by atoms with Crippen molar-refractivity contribution in [3.8, 4) is 5.75 Å². The summed E-state index contributed by atoms with van der Waals surface area (Å²) in [6.07, 6.45) is 0.614. The molecule has 0 saturated heterocycles. The first-order chi connectivity index (χ1) is 6.74.